The first-order valence-corrected chi connectivity index (χ1v) is 4.30. The Kier molecular flexibility index (Phi) is 3.46. The van der Waals surface area contributed by atoms with Crippen molar-refractivity contribution in [3.63, 3.8) is 0 Å². The largest absolute Gasteiger partial charge is 0.396 e. The highest BCUT2D eigenvalue weighted by Gasteiger charge is 2.32. The van der Waals surface area contributed by atoms with Gasteiger partial charge in [-0.1, -0.05) is 0 Å². The standard InChI is InChI=1S/C8H17NO3/c1-9-4-6(2-3-10)8(12)7(11)5-9/h6-8,10-12H,2-5H2,1H3/t6-,7-,8-/m1/s1. The van der Waals surface area contributed by atoms with E-state index in [0.29, 0.717) is 13.0 Å². The summed E-state index contributed by atoms with van der Waals surface area (Å²) in [5, 5.41) is 27.6. The van der Waals surface area contributed by atoms with Crippen molar-refractivity contribution < 1.29 is 15.3 Å². The molecule has 0 unspecified atom stereocenters. The fourth-order valence-corrected chi connectivity index (χ4v) is 1.75. The van der Waals surface area contributed by atoms with E-state index in [1.807, 2.05) is 11.9 Å². The van der Waals surface area contributed by atoms with Crippen LogP contribution in [0.15, 0.2) is 0 Å². The summed E-state index contributed by atoms with van der Waals surface area (Å²) >= 11 is 0. The molecule has 0 aliphatic carbocycles. The number of hydrogen-bond donors (Lipinski definition) is 3. The topological polar surface area (TPSA) is 63.9 Å². The van der Waals surface area contributed by atoms with Crippen LogP contribution in [-0.2, 0) is 0 Å². The Morgan fingerprint density at radius 2 is 2.00 bits per heavy atom. The molecule has 0 aromatic rings. The monoisotopic (exact) mass is 175 g/mol. The van der Waals surface area contributed by atoms with E-state index >= 15 is 0 Å². The fraction of sp³-hybridized carbons (Fsp3) is 1.00. The number of rotatable bonds is 2. The molecule has 4 nitrogen and oxygen atoms in total. The molecule has 0 aromatic carbocycles. The molecule has 0 spiro atoms. The minimum atomic E-state index is -0.673. The van der Waals surface area contributed by atoms with Crippen LogP contribution >= 0.6 is 0 Å². The van der Waals surface area contributed by atoms with Gasteiger partial charge in [0.05, 0.1) is 12.2 Å². The summed E-state index contributed by atoms with van der Waals surface area (Å²) < 4.78 is 0. The van der Waals surface area contributed by atoms with Gasteiger partial charge in [-0.3, -0.25) is 0 Å². The van der Waals surface area contributed by atoms with E-state index in [9.17, 15) is 10.2 Å². The van der Waals surface area contributed by atoms with E-state index in [1.54, 1.807) is 0 Å². The van der Waals surface area contributed by atoms with Crippen molar-refractivity contribution in [1.29, 1.82) is 0 Å². The predicted octanol–water partition coefficient (Wildman–Crippen LogP) is -1.35. The van der Waals surface area contributed by atoms with E-state index < -0.39 is 12.2 Å². The average Bonchev–Trinajstić information content (AvgIpc) is 2.00. The third-order valence-electron chi connectivity index (χ3n) is 2.42. The third kappa shape index (κ3) is 2.17. The zero-order chi connectivity index (χ0) is 9.14. The van der Waals surface area contributed by atoms with Gasteiger partial charge in [0.1, 0.15) is 0 Å². The summed E-state index contributed by atoms with van der Waals surface area (Å²) in [6.07, 6.45) is -0.781. The average molecular weight is 175 g/mol. The molecule has 0 saturated carbocycles. The molecule has 3 atom stereocenters. The highest BCUT2D eigenvalue weighted by molar-refractivity contribution is 4.84. The van der Waals surface area contributed by atoms with Crippen molar-refractivity contribution in [3.05, 3.63) is 0 Å². The summed E-state index contributed by atoms with van der Waals surface area (Å²) in [7, 11) is 1.90. The molecule has 72 valence electrons. The number of piperidine rings is 1. The number of nitrogens with zero attached hydrogens (tertiary/aromatic N) is 1. The number of hydrogen-bond acceptors (Lipinski definition) is 4. The molecule has 1 heterocycles. The van der Waals surface area contributed by atoms with Crippen LogP contribution in [0.25, 0.3) is 0 Å². The van der Waals surface area contributed by atoms with Gasteiger partial charge in [-0.15, -0.1) is 0 Å². The Hall–Kier alpha value is -0.160. The van der Waals surface area contributed by atoms with Crippen LogP contribution in [0.1, 0.15) is 6.42 Å². The van der Waals surface area contributed by atoms with Crippen molar-refractivity contribution in [2.24, 2.45) is 5.92 Å². The van der Waals surface area contributed by atoms with Gasteiger partial charge in [0.15, 0.2) is 0 Å². The van der Waals surface area contributed by atoms with Crippen molar-refractivity contribution in [2.45, 2.75) is 18.6 Å². The first-order chi connectivity index (χ1) is 5.65. The van der Waals surface area contributed by atoms with Crippen LogP contribution in [-0.4, -0.2) is 59.2 Å². The van der Waals surface area contributed by atoms with Crippen LogP contribution in [0.5, 0.6) is 0 Å². The van der Waals surface area contributed by atoms with E-state index in [2.05, 4.69) is 0 Å². The zero-order valence-electron chi connectivity index (χ0n) is 7.35. The second-order valence-electron chi connectivity index (χ2n) is 3.55. The van der Waals surface area contributed by atoms with Gasteiger partial charge in [-0.05, 0) is 13.5 Å². The smallest absolute Gasteiger partial charge is 0.0928 e. The molecule has 1 rings (SSSR count). The Balaban J connectivity index is 2.47. The van der Waals surface area contributed by atoms with Crippen molar-refractivity contribution in [1.82, 2.24) is 4.90 Å². The normalized spacial score (nSPS) is 38.5. The number of likely N-dealkylation sites (tertiary alicyclic amines) is 1. The summed E-state index contributed by atoms with van der Waals surface area (Å²) in [5.41, 5.74) is 0. The second-order valence-corrected chi connectivity index (χ2v) is 3.55. The molecule has 12 heavy (non-hydrogen) atoms. The van der Waals surface area contributed by atoms with Gasteiger partial charge in [-0.25, -0.2) is 0 Å². The minimum absolute atomic E-state index is 0.00347. The molecule has 1 aliphatic heterocycles. The van der Waals surface area contributed by atoms with Gasteiger partial charge in [0.2, 0.25) is 0 Å². The van der Waals surface area contributed by atoms with E-state index in [0.717, 1.165) is 6.54 Å². The van der Waals surface area contributed by atoms with Gasteiger partial charge in [-0.2, -0.15) is 0 Å². The molecular formula is C8H17NO3. The summed E-state index contributed by atoms with van der Waals surface area (Å²) in [5.74, 6) is 0.00347. The molecule has 1 saturated heterocycles. The van der Waals surface area contributed by atoms with Crippen LogP contribution in [0.3, 0.4) is 0 Å². The van der Waals surface area contributed by atoms with Crippen LogP contribution in [0, 0.1) is 5.92 Å². The molecule has 0 amide bonds. The molecule has 0 bridgehead atoms. The third-order valence-corrected chi connectivity index (χ3v) is 2.42. The zero-order valence-corrected chi connectivity index (χ0v) is 7.35. The van der Waals surface area contributed by atoms with Gasteiger partial charge in [0, 0.05) is 25.6 Å². The summed E-state index contributed by atoms with van der Waals surface area (Å²) in [6.45, 7) is 1.34. The second kappa shape index (κ2) is 4.18. The summed E-state index contributed by atoms with van der Waals surface area (Å²) in [4.78, 5) is 1.97. The lowest BCUT2D eigenvalue weighted by Crippen LogP contribution is -2.51. The van der Waals surface area contributed by atoms with Gasteiger partial charge >= 0.3 is 0 Å². The van der Waals surface area contributed by atoms with Crippen LogP contribution in [0.4, 0.5) is 0 Å². The molecular weight excluding hydrogens is 158 g/mol. The summed E-state index contributed by atoms with van der Waals surface area (Å²) in [6, 6.07) is 0. The lowest BCUT2D eigenvalue weighted by molar-refractivity contribution is -0.0727. The minimum Gasteiger partial charge on any atom is -0.396 e. The first kappa shape index (κ1) is 9.92. The number of aliphatic hydroxyl groups excluding tert-OH is 3. The van der Waals surface area contributed by atoms with Gasteiger partial charge < -0.3 is 20.2 Å². The molecule has 3 N–H and O–H groups in total. The maximum absolute atomic E-state index is 9.50. The Morgan fingerprint density at radius 3 is 2.58 bits per heavy atom. The molecule has 1 aliphatic rings. The Labute approximate surface area is 72.4 Å². The van der Waals surface area contributed by atoms with Gasteiger partial charge in [0.25, 0.3) is 0 Å². The molecule has 1 fully saturated rings. The number of likely N-dealkylation sites (N-methyl/N-ethyl adjacent to an activating group) is 1. The van der Waals surface area contributed by atoms with Crippen molar-refractivity contribution in [3.8, 4) is 0 Å². The fourth-order valence-electron chi connectivity index (χ4n) is 1.75. The maximum Gasteiger partial charge on any atom is 0.0928 e. The van der Waals surface area contributed by atoms with Crippen LogP contribution in [0.2, 0.25) is 0 Å². The lowest BCUT2D eigenvalue weighted by Gasteiger charge is -2.37. The molecule has 0 aromatic heterocycles. The number of aliphatic hydroxyl groups is 3. The maximum atomic E-state index is 9.50. The van der Waals surface area contributed by atoms with Crippen molar-refractivity contribution in [2.75, 3.05) is 26.7 Å². The van der Waals surface area contributed by atoms with Crippen molar-refractivity contribution >= 4 is 0 Å². The van der Waals surface area contributed by atoms with E-state index in [1.165, 1.54) is 0 Å². The quantitative estimate of drug-likeness (QED) is 0.485. The van der Waals surface area contributed by atoms with E-state index in [4.69, 9.17) is 5.11 Å². The highest BCUT2D eigenvalue weighted by Crippen LogP contribution is 2.19. The predicted molar refractivity (Wildman–Crippen MR) is 44.7 cm³/mol. The first-order valence-electron chi connectivity index (χ1n) is 4.30. The lowest BCUT2D eigenvalue weighted by atomic mass is 9.90. The van der Waals surface area contributed by atoms with Crippen LogP contribution < -0.4 is 0 Å². The number of β-amino-alcohol motifs (C(OH)–C–C–N with tert-alkyl or cyclic N) is 1. The Morgan fingerprint density at radius 1 is 1.33 bits per heavy atom. The Bertz CT molecular complexity index is 142. The molecule has 0 radical (unpaired) electrons. The molecule has 4 heteroatoms. The highest BCUT2D eigenvalue weighted by atomic mass is 16.3. The SMILES string of the molecule is CN1C[C@@H](CCO)[C@@H](O)[C@H](O)C1. The van der Waals surface area contributed by atoms with E-state index in [-0.39, 0.29) is 12.5 Å².